The van der Waals surface area contributed by atoms with Crippen LogP contribution in [0.5, 0.6) is 0 Å². The van der Waals surface area contributed by atoms with Gasteiger partial charge in [0.15, 0.2) is 5.78 Å². The number of rotatable bonds is 16. The number of aliphatic hydroxyl groups excluding tert-OH is 1. The maximum absolute atomic E-state index is 12.5. The second kappa shape index (κ2) is 33.9. The quantitative estimate of drug-likeness (QED) is 0.0232. The third-order valence-electron chi connectivity index (χ3n) is 9.73. The number of Topliss-reactive ketones (excluding diaryl/α,β-unsaturated/α-hetero) is 1. The number of nitrogens with two attached hydrogens (primary N) is 1. The molecule has 3 N–H and O–H groups in total. The molecule has 7 rings (SSSR count). The molecule has 0 atom stereocenters. The molecule has 424 valence electrons. The van der Waals surface area contributed by atoms with Crippen LogP contribution in [0.25, 0.3) is 22.5 Å². The lowest BCUT2D eigenvalue weighted by atomic mass is 10.1. The Bertz CT molecular complexity index is 3060. The number of thiazole rings is 2. The van der Waals surface area contributed by atoms with Crippen LogP contribution < -0.4 is 5.73 Å². The van der Waals surface area contributed by atoms with Gasteiger partial charge in [-0.15, -0.1) is 22.7 Å². The first-order valence-corrected chi connectivity index (χ1v) is 26.5. The van der Waals surface area contributed by atoms with Gasteiger partial charge in [0.1, 0.15) is 24.6 Å². The minimum Gasteiger partial charge on any atom is -0.466 e. The molecule has 0 bridgehead atoms. The van der Waals surface area contributed by atoms with Crippen molar-refractivity contribution in [2.45, 2.75) is 64.3 Å². The third-order valence-corrected chi connectivity index (χ3v) is 12.1. The fourth-order valence-electron chi connectivity index (χ4n) is 5.88. The number of ether oxygens (including phenoxy) is 3. The molecule has 0 spiro atoms. The van der Waals surface area contributed by atoms with E-state index in [0.717, 1.165) is 52.5 Å². The maximum Gasteiger partial charge on any atom is 0.416 e. The van der Waals surface area contributed by atoms with Crippen LogP contribution >= 0.6 is 50.8 Å². The van der Waals surface area contributed by atoms with E-state index in [1.807, 2.05) is 60.7 Å². The first kappa shape index (κ1) is 66.9. The van der Waals surface area contributed by atoms with Crippen molar-refractivity contribution in [1.82, 2.24) is 9.97 Å². The summed E-state index contributed by atoms with van der Waals surface area (Å²) in [5.74, 6) is -1.47. The second-order valence-electron chi connectivity index (χ2n) is 15.8. The zero-order chi connectivity index (χ0) is 59.3. The molecule has 2 aromatic heterocycles. The minimum atomic E-state index is -4.35. The molecule has 0 unspecified atom stereocenters. The van der Waals surface area contributed by atoms with E-state index in [4.69, 9.17) is 30.3 Å². The number of thiocarbonyl (C=S) groups is 1. The monoisotopic (exact) mass is 1240 g/mol. The molecule has 2 heterocycles. The zero-order valence-corrected chi connectivity index (χ0v) is 46.0. The van der Waals surface area contributed by atoms with Crippen LogP contribution in [0.2, 0.25) is 0 Å². The summed E-state index contributed by atoms with van der Waals surface area (Å²) in [6, 6.07) is 34.3. The predicted molar refractivity (Wildman–Crippen MR) is 290 cm³/mol. The van der Waals surface area contributed by atoms with Crippen LogP contribution in [-0.2, 0) is 73.2 Å². The summed E-state index contributed by atoms with van der Waals surface area (Å²) in [7, 11) is 0. The van der Waals surface area contributed by atoms with Gasteiger partial charge >= 0.3 is 36.4 Å². The van der Waals surface area contributed by atoms with Crippen molar-refractivity contribution in [3.63, 3.8) is 0 Å². The third kappa shape index (κ3) is 25.6. The normalized spacial score (nSPS) is 10.7. The minimum absolute atomic E-state index is 0.00215. The number of hydrogen-bond acceptors (Lipinski definition) is 14. The molecule has 0 saturated carbocycles. The average Bonchev–Trinajstić information content (AvgIpc) is 4.10. The van der Waals surface area contributed by atoms with Crippen LogP contribution in [0.4, 0.5) is 39.5 Å². The number of hydrogen-bond donors (Lipinski definition) is 2. The van der Waals surface area contributed by atoms with E-state index in [1.165, 1.54) is 59.1 Å². The Balaban J connectivity index is 0.000000266. The maximum atomic E-state index is 12.5. The summed E-state index contributed by atoms with van der Waals surface area (Å²) in [6.07, 6.45) is -12.7. The van der Waals surface area contributed by atoms with Crippen LogP contribution in [0.3, 0.4) is 0 Å². The van der Waals surface area contributed by atoms with Crippen molar-refractivity contribution in [1.29, 1.82) is 5.26 Å². The summed E-state index contributed by atoms with van der Waals surface area (Å²) in [5, 5.41) is 21.9. The molecule has 0 amide bonds. The Morgan fingerprint density at radius 1 is 0.625 bits per heavy atom. The van der Waals surface area contributed by atoms with Crippen molar-refractivity contribution in [2.75, 3.05) is 18.5 Å². The molecule has 0 aliphatic heterocycles. The number of aromatic nitrogens is 2. The topological polar surface area (TPSA) is 192 Å². The number of nitrogens with zero attached hydrogens (tertiary/aromatic N) is 3. The van der Waals surface area contributed by atoms with Crippen molar-refractivity contribution in [3.05, 3.63) is 188 Å². The highest BCUT2D eigenvalue weighted by molar-refractivity contribution is 9.09. The van der Waals surface area contributed by atoms with Crippen LogP contribution in [-0.4, -0.2) is 62.3 Å². The number of alkyl halides is 10. The summed E-state index contributed by atoms with van der Waals surface area (Å²) in [5.41, 5.74) is 7.63. The van der Waals surface area contributed by atoms with Gasteiger partial charge in [0.2, 0.25) is 0 Å². The number of aliphatic hydroxyl groups is 1. The Labute approximate surface area is 475 Å². The van der Waals surface area contributed by atoms with E-state index < -0.39 is 41.2 Å². The van der Waals surface area contributed by atoms with E-state index in [0.29, 0.717) is 40.6 Å². The Morgan fingerprint density at radius 3 is 1.43 bits per heavy atom. The van der Waals surface area contributed by atoms with E-state index in [2.05, 4.69) is 38.1 Å². The Hall–Kier alpha value is -7.37. The van der Waals surface area contributed by atoms with Crippen molar-refractivity contribution >= 4 is 79.5 Å². The highest BCUT2D eigenvalue weighted by atomic mass is 79.9. The molecule has 7 aromatic rings. The van der Waals surface area contributed by atoms with Crippen LogP contribution in [0.15, 0.2) is 144 Å². The van der Waals surface area contributed by atoms with Gasteiger partial charge in [-0.25, -0.2) is 9.97 Å². The first-order valence-electron chi connectivity index (χ1n) is 23.2. The van der Waals surface area contributed by atoms with Gasteiger partial charge in [-0.2, -0.15) is 44.8 Å². The molecule has 0 radical (unpaired) electrons. The van der Waals surface area contributed by atoms with Gasteiger partial charge in [-0.1, -0.05) is 125 Å². The number of carbonyl (C=O) groups is 4. The average molecular weight is 1240 g/mol. The van der Waals surface area contributed by atoms with E-state index >= 15 is 0 Å². The lowest BCUT2D eigenvalue weighted by Crippen LogP contribution is -2.16. The summed E-state index contributed by atoms with van der Waals surface area (Å²) >= 11 is 10.2. The second-order valence-corrected chi connectivity index (χ2v) is 18.7. The van der Waals surface area contributed by atoms with Gasteiger partial charge in [0.25, 0.3) is 0 Å². The number of ketones is 1. The largest absolute Gasteiger partial charge is 0.466 e. The molecule has 0 aliphatic rings. The van der Waals surface area contributed by atoms with Gasteiger partial charge < -0.3 is 25.1 Å². The molecule has 80 heavy (non-hydrogen) atoms. The predicted octanol–water partition coefficient (Wildman–Crippen LogP) is 13.6. The molecule has 0 saturated heterocycles. The summed E-state index contributed by atoms with van der Waals surface area (Å²) in [4.78, 5) is 52.8. The smallest absolute Gasteiger partial charge is 0.416 e. The molecular weight excluding hydrogens is 1190 g/mol. The van der Waals surface area contributed by atoms with Gasteiger partial charge in [0, 0.05) is 40.5 Å². The lowest BCUT2D eigenvalue weighted by Gasteiger charge is -2.06. The SMILES string of the molecule is CCOC(=O)Cc1nc(-c2ccc(C(F)(F)F)cc2)cs1.N#CCC(=O)OCc1ccccc1.NC(=S)CC(=O)OCc1ccccc1.O=C(CBr)c1ccc(C(F)(F)F)cc1.OCCc1nc(-c2ccc(C(F)(F)F)cc2)cs1. The zero-order valence-electron chi connectivity index (χ0n) is 41.9. The molecular formula is C55H48BrF9N4O8S3. The Kier molecular flexibility index (Phi) is 28.4. The van der Waals surface area contributed by atoms with Gasteiger partial charge in [0.05, 0.1) is 68.9 Å². The standard InChI is InChI=1S/C14H12F3NO2S.C12H10F3NOS.C10H11NO2S.C10H9NO2.C9H6BrF3O/c1-2-20-13(19)7-12-18-11(8-21-12)9-3-5-10(6-4-9)14(15,16)17;13-12(14,15)9-3-1-8(2-4-9)10-7-18-11(16-10)5-6-17;11-9(14)6-10(12)13-7-8-4-2-1-3-5-8;11-7-6-10(12)13-8-9-4-2-1-3-5-9;10-5-8(14)6-1-3-7(4-2-6)9(11,12)13/h3-6,8H,2,7H2,1H3;1-4,7,17H,5-6H2;1-5H,6-7H2,(H2,11,14);1-5H,6,8H2;1-4H,5H2. The van der Waals surface area contributed by atoms with Crippen molar-refractivity contribution < 1.29 is 78.0 Å². The molecule has 0 aliphatic carbocycles. The molecule has 5 aromatic carbocycles. The highest BCUT2D eigenvalue weighted by Gasteiger charge is 2.32. The number of nitriles is 1. The Morgan fingerprint density at radius 2 is 1.04 bits per heavy atom. The summed E-state index contributed by atoms with van der Waals surface area (Å²) in [6.45, 7) is 2.53. The number of benzene rings is 5. The van der Waals surface area contributed by atoms with E-state index in [1.54, 1.807) is 23.8 Å². The fourth-order valence-corrected chi connectivity index (χ4v) is 7.91. The number of carbonyl (C=O) groups excluding carboxylic acids is 4. The first-order chi connectivity index (χ1) is 37.9. The number of halogens is 10. The summed E-state index contributed by atoms with van der Waals surface area (Å²) < 4.78 is 125. The molecule has 25 heteroatoms. The molecule has 0 fully saturated rings. The van der Waals surface area contributed by atoms with Crippen molar-refractivity contribution in [2.24, 2.45) is 5.73 Å². The van der Waals surface area contributed by atoms with E-state index in [-0.39, 0.29) is 72.7 Å². The molecule has 12 nitrogen and oxygen atoms in total. The van der Waals surface area contributed by atoms with Crippen LogP contribution in [0.1, 0.15) is 68.0 Å². The van der Waals surface area contributed by atoms with E-state index in [9.17, 15) is 58.7 Å². The van der Waals surface area contributed by atoms with Crippen LogP contribution in [0, 0.1) is 11.3 Å². The lowest BCUT2D eigenvalue weighted by molar-refractivity contribution is -0.144. The highest BCUT2D eigenvalue weighted by Crippen LogP contribution is 2.33. The van der Waals surface area contributed by atoms with Gasteiger partial charge in [-0.3, -0.25) is 19.2 Å². The van der Waals surface area contributed by atoms with Gasteiger partial charge in [-0.05, 0) is 54.4 Å². The number of esters is 3. The van der Waals surface area contributed by atoms with Crippen molar-refractivity contribution in [3.8, 4) is 28.6 Å². The fraction of sp³-hybridized carbons (Fsp3) is 0.236.